The van der Waals surface area contributed by atoms with E-state index in [9.17, 15) is 1.37 Å². The predicted octanol–water partition coefficient (Wildman–Crippen LogP) is 8.48. The summed E-state index contributed by atoms with van der Waals surface area (Å²) in [6, 6.07) is -16.4. The van der Waals surface area contributed by atoms with Crippen LogP contribution < -0.4 is 0 Å². The van der Waals surface area contributed by atoms with E-state index in [2.05, 4.69) is 0 Å². The number of rotatable bonds is 2. The lowest BCUT2D eigenvalue weighted by atomic mass is 9.90. The maximum absolute atomic E-state index is 9.42. The van der Waals surface area contributed by atoms with E-state index < -0.39 is 175 Å². The number of fused-ring (bicyclic) bond motifs is 3. The molecule has 0 atom stereocenters. The second-order valence-corrected chi connectivity index (χ2v) is 6.25. The molecule has 30 heavy (non-hydrogen) atoms. The van der Waals surface area contributed by atoms with Crippen molar-refractivity contribution in [1.82, 2.24) is 0 Å². The third-order valence-corrected chi connectivity index (χ3v) is 4.56. The zero-order valence-electron chi connectivity index (χ0n) is 35.0. The van der Waals surface area contributed by atoms with Gasteiger partial charge in [0.25, 0.3) is 0 Å². The summed E-state index contributed by atoms with van der Waals surface area (Å²) < 4.78 is 172. The lowest BCUT2D eigenvalue weighted by Crippen LogP contribution is -1.87. The van der Waals surface area contributed by atoms with Crippen molar-refractivity contribution in [2.24, 2.45) is 0 Å². The van der Waals surface area contributed by atoms with Gasteiger partial charge in [0.2, 0.25) is 0 Å². The quantitative estimate of drug-likeness (QED) is 0.256. The van der Waals surface area contributed by atoms with Crippen molar-refractivity contribution in [2.75, 3.05) is 0 Å². The van der Waals surface area contributed by atoms with Gasteiger partial charge in [-0.2, -0.15) is 0 Å². The van der Waals surface area contributed by atoms with Gasteiger partial charge >= 0.3 is 0 Å². The van der Waals surface area contributed by atoms with Crippen LogP contribution in [0.2, 0.25) is 0 Å². The molecular formula is C30H20. The molecule has 0 N–H and O–H groups in total. The van der Waals surface area contributed by atoms with Crippen molar-refractivity contribution in [3.05, 3.63) is 121 Å². The van der Waals surface area contributed by atoms with Gasteiger partial charge in [0.15, 0.2) is 0 Å². The van der Waals surface area contributed by atoms with Crippen LogP contribution in [0.5, 0.6) is 0 Å². The zero-order valence-corrected chi connectivity index (χ0v) is 15.0. The highest BCUT2D eigenvalue weighted by molar-refractivity contribution is 6.13. The molecule has 6 aromatic carbocycles. The van der Waals surface area contributed by atoms with Crippen LogP contribution in [0.1, 0.15) is 27.4 Å². The molecule has 0 spiro atoms. The first-order valence-corrected chi connectivity index (χ1v) is 8.75. The first kappa shape index (κ1) is 6.30. The SMILES string of the molecule is [2H]c1c([2H])c(-c2c([2H])c([2H])c([2H])c3c([2H])c([2H])c([2H])c([2H])c23)c([2H])c(-c2c3c([2H])c([2H])c([2H])c([2H])c3c([2H])c3c([2H])c([2H])c([2H])c([2H])c23)c1[2H]. The van der Waals surface area contributed by atoms with Gasteiger partial charge in [-0.05, 0) is 66.7 Å². The molecule has 140 valence electrons. The Morgan fingerprint density at radius 2 is 0.933 bits per heavy atom. The molecule has 0 aliphatic rings. The van der Waals surface area contributed by atoms with Gasteiger partial charge in [-0.25, -0.2) is 0 Å². The fourth-order valence-electron chi connectivity index (χ4n) is 3.28. The smallest absolute Gasteiger partial charge is 0.0616 e. The van der Waals surface area contributed by atoms with E-state index in [0.717, 1.165) is 0 Å². The van der Waals surface area contributed by atoms with Crippen molar-refractivity contribution in [1.29, 1.82) is 0 Å². The second kappa shape index (κ2) is 6.86. The Hall–Kier alpha value is -3.90. The Labute approximate surface area is 204 Å². The summed E-state index contributed by atoms with van der Waals surface area (Å²) in [4.78, 5) is 0. The molecule has 0 aliphatic carbocycles. The normalized spacial score (nSPS) is 20.7. The van der Waals surface area contributed by atoms with Crippen molar-refractivity contribution >= 4 is 32.3 Å². The molecule has 0 bridgehead atoms. The molecule has 0 heterocycles. The molecule has 0 fully saturated rings. The fraction of sp³-hybridized carbons (Fsp3) is 0. The van der Waals surface area contributed by atoms with Crippen molar-refractivity contribution in [3.63, 3.8) is 0 Å². The van der Waals surface area contributed by atoms with E-state index in [1.54, 1.807) is 0 Å². The van der Waals surface area contributed by atoms with E-state index in [1.165, 1.54) is 0 Å². The van der Waals surface area contributed by atoms with E-state index in [0.29, 0.717) is 0 Å². The molecule has 0 aromatic heterocycles. The Kier molecular flexibility index (Phi) is 1.44. The highest BCUT2D eigenvalue weighted by atomic mass is 14.1. The van der Waals surface area contributed by atoms with E-state index in [-0.39, 0.29) is 0 Å². The third-order valence-electron chi connectivity index (χ3n) is 4.56. The van der Waals surface area contributed by atoms with Gasteiger partial charge in [-0.1, -0.05) is 109 Å². The maximum atomic E-state index is 9.42. The zero-order chi connectivity index (χ0) is 37.3. The van der Waals surface area contributed by atoms with Gasteiger partial charge in [-0.15, -0.1) is 0 Å². The minimum Gasteiger partial charge on any atom is -0.0616 e. The molecule has 0 radical (unpaired) electrons. The average Bonchev–Trinajstić information content (AvgIpc) is 3.08. The highest BCUT2D eigenvalue weighted by Gasteiger charge is 2.11. The highest BCUT2D eigenvalue weighted by Crippen LogP contribution is 2.38. The van der Waals surface area contributed by atoms with Crippen LogP contribution in [0, 0.1) is 0 Å². The lowest BCUT2D eigenvalue weighted by molar-refractivity contribution is 1.63. The van der Waals surface area contributed by atoms with Crippen molar-refractivity contribution in [3.8, 4) is 22.3 Å². The van der Waals surface area contributed by atoms with Crippen LogP contribution in [0.3, 0.4) is 0 Å². The van der Waals surface area contributed by atoms with Gasteiger partial charge < -0.3 is 0 Å². The first-order valence-electron chi connectivity index (χ1n) is 18.8. The summed E-state index contributed by atoms with van der Waals surface area (Å²) in [5.74, 6) is 0. The third kappa shape index (κ3) is 2.69. The minimum absolute atomic E-state index is 0.522. The molecule has 0 saturated carbocycles. The summed E-state index contributed by atoms with van der Waals surface area (Å²) in [7, 11) is 0. The van der Waals surface area contributed by atoms with Crippen molar-refractivity contribution in [2.45, 2.75) is 0 Å². The maximum Gasteiger partial charge on any atom is 0.0636 e. The van der Waals surface area contributed by atoms with Crippen LogP contribution >= 0.6 is 0 Å². The van der Waals surface area contributed by atoms with Crippen LogP contribution in [-0.2, 0) is 0 Å². The summed E-state index contributed by atoms with van der Waals surface area (Å²) in [5.41, 5.74) is -2.63. The minimum atomic E-state index is -0.946. The molecule has 0 aliphatic heterocycles. The molecule has 0 amide bonds. The monoisotopic (exact) mass is 400 g/mol. The van der Waals surface area contributed by atoms with Crippen LogP contribution in [0.4, 0.5) is 0 Å². The standard InChI is InChI=1S/C30H20/c1-4-15-26-21(9-1)12-8-18-27(26)22-13-7-14-25(20-22)30-28-16-5-2-10-23(28)19-24-11-3-6-17-29(24)30/h1-20H/i1D,2D,3D,4D,5D,6D,7D,8D,9D,10D,11D,12D,13D,14D,15D,16D,17D,18D,19D,20D. The molecule has 0 saturated heterocycles. The Morgan fingerprint density at radius 1 is 0.400 bits per heavy atom. The first-order chi connectivity index (χ1) is 23.2. The van der Waals surface area contributed by atoms with Gasteiger partial charge in [0, 0.05) is 0 Å². The molecule has 0 heteroatoms. The average molecular weight is 401 g/mol. The predicted molar refractivity (Wildman–Crippen MR) is 130 cm³/mol. The summed E-state index contributed by atoms with van der Waals surface area (Å²) in [6.07, 6.45) is 0. The van der Waals surface area contributed by atoms with Crippen LogP contribution in [0.15, 0.2) is 121 Å². The van der Waals surface area contributed by atoms with Gasteiger partial charge in [0.05, 0.1) is 27.4 Å². The topological polar surface area (TPSA) is 0 Å². The van der Waals surface area contributed by atoms with Gasteiger partial charge in [-0.3, -0.25) is 0 Å². The van der Waals surface area contributed by atoms with Crippen LogP contribution in [0.25, 0.3) is 54.6 Å². The van der Waals surface area contributed by atoms with Crippen LogP contribution in [-0.4, -0.2) is 0 Å². The Balaban J connectivity index is 2.01. The second-order valence-electron chi connectivity index (χ2n) is 6.25. The van der Waals surface area contributed by atoms with E-state index in [1.807, 2.05) is 0 Å². The molecular weight excluding hydrogens is 360 g/mol. The largest absolute Gasteiger partial charge is 0.0636 e. The molecule has 6 rings (SSSR count). The lowest BCUT2D eigenvalue weighted by Gasteiger charge is -2.14. The number of hydrogen-bond donors (Lipinski definition) is 0. The fourth-order valence-corrected chi connectivity index (χ4v) is 3.28. The molecule has 6 aromatic rings. The van der Waals surface area contributed by atoms with E-state index >= 15 is 0 Å². The van der Waals surface area contributed by atoms with Gasteiger partial charge in [0.1, 0.15) is 0 Å². The number of hydrogen-bond acceptors (Lipinski definition) is 0. The molecule has 0 unspecified atom stereocenters. The Bertz CT molecular complexity index is 2500. The Morgan fingerprint density at radius 3 is 1.67 bits per heavy atom. The summed E-state index contributed by atoms with van der Waals surface area (Å²) >= 11 is 0. The molecule has 0 nitrogen and oxygen atoms in total. The summed E-state index contributed by atoms with van der Waals surface area (Å²) in [5, 5.41) is -3.19. The van der Waals surface area contributed by atoms with E-state index in [4.69, 9.17) is 26.0 Å². The van der Waals surface area contributed by atoms with Crippen molar-refractivity contribution < 1.29 is 27.4 Å². The summed E-state index contributed by atoms with van der Waals surface area (Å²) in [6.45, 7) is 0. The number of benzene rings is 6.